The molecule has 1 heterocycles. The van der Waals surface area contributed by atoms with Gasteiger partial charge in [0.1, 0.15) is 0 Å². The van der Waals surface area contributed by atoms with Crippen molar-refractivity contribution in [1.82, 2.24) is 0 Å². The summed E-state index contributed by atoms with van der Waals surface area (Å²) in [7, 11) is 0. The second-order valence-corrected chi connectivity index (χ2v) is 5.49. The summed E-state index contributed by atoms with van der Waals surface area (Å²) in [4.78, 5) is 2.81. The van der Waals surface area contributed by atoms with Gasteiger partial charge < -0.3 is 0 Å². The van der Waals surface area contributed by atoms with Crippen LogP contribution in [0.1, 0.15) is 18.2 Å². The molecule has 0 radical (unpaired) electrons. The molecule has 2 rings (SSSR count). The minimum Gasteiger partial charge on any atom is -0.139 e. The van der Waals surface area contributed by atoms with Crippen molar-refractivity contribution in [3.63, 3.8) is 0 Å². The minimum atomic E-state index is 1.16. The fourth-order valence-corrected chi connectivity index (χ4v) is 3.53. The van der Waals surface area contributed by atoms with Crippen molar-refractivity contribution in [2.24, 2.45) is 0 Å². The molecule has 0 saturated carbocycles. The average molecular weight is 281 g/mol. The molecule has 2 heteroatoms. The van der Waals surface area contributed by atoms with Gasteiger partial charge in [0.05, 0.1) is 0 Å². The molecule has 0 aliphatic carbocycles. The summed E-state index contributed by atoms with van der Waals surface area (Å²) in [5, 5.41) is 0. The molecule has 0 aliphatic rings. The lowest BCUT2D eigenvalue weighted by Gasteiger charge is -1.94. The number of aryl methyl sites for hydroxylation is 1. The standard InChI is InChI=1S/C13H13BrS/c1-2-6-12-11(14)9-13(15-12)10-7-4-3-5-8-10/h3-5,7-9H,2,6H2,1H3. The Morgan fingerprint density at radius 1 is 1.20 bits per heavy atom. The minimum absolute atomic E-state index is 1.16. The summed E-state index contributed by atoms with van der Waals surface area (Å²) >= 11 is 5.52. The van der Waals surface area contributed by atoms with E-state index >= 15 is 0 Å². The molecule has 0 spiro atoms. The summed E-state index contributed by atoms with van der Waals surface area (Å²) in [6.07, 6.45) is 2.37. The highest BCUT2D eigenvalue weighted by Gasteiger charge is 2.07. The van der Waals surface area contributed by atoms with Gasteiger partial charge in [-0.2, -0.15) is 0 Å². The van der Waals surface area contributed by atoms with E-state index in [1.807, 2.05) is 11.3 Å². The first-order valence-corrected chi connectivity index (χ1v) is 6.76. The topological polar surface area (TPSA) is 0 Å². The molecule has 0 amide bonds. The van der Waals surface area contributed by atoms with Crippen LogP contribution < -0.4 is 0 Å². The molecule has 1 aromatic carbocycles. The molecule has 0 nitrogen and oxygen atoms in total. The Labute approximate surface area is 103 Å². The Balaban J connectivity index is 2.34. The lowest BCUT2D eigenvalue weighted by molar-refractivity contribution is 0.936. The van der Waals surface area contributed by atoms with Crippen LogP contribution >= 0.6 is 27.3 Å². The Hall–Kier alpha value is -0.600. The van der Waals surface area contributed by atoms with Gasteiger partial charge in [0.25, 0.3) is 0 Å². The first kappa shape index (κ1) is 10.9. The zero-order chi connectivity index (χ0) is 10.7. The number of hydrogen-bond donors (Lipinski definition) is 0. The molecule has 78 valence electrons. The van der Waals surface area contributed by atoms with Crippen molar-refractivity contribution in [3.05, 3.63) is 45.7 Å². The largest absolute Gasteiger partial charge is 0.139 e. The molecule has 0 fully saturated rings. The molecule has 0 unspecified atom stereocenters. The van der Waals surface area contributed by atoms with Gasteiger partial charge in [-0.3, -0.25) is 0 Å². The molecule has 0 atom stereocenters. The highest BCUT2D eigenvalue weighted by molar-refractivity contribution is 9.10. The van der Waals surface area contributed by atoms with Crippen molar-refractivity contribution in [2.45, 2.75) is 19.8 Å². The molecule has 0 N–H and O–H groups in total. The average Bonchev–Trinajstić information content (AvgIpc) is 2.63. The fraction of sp³-hybridized carbons (Fsp3) is 0.231. The van der Waals surface area contributed by atoms with Crippen molar-refractivity contribution in [3.8, 4) is 10.4 Å². The van der Waals surface area contributed by atoms with Crippen LogP contribution in [0.15, 0.2) is 40.9 Å². The van der Waals surface area contributed by atoms with Crippen molar-refractivity contribution < 1.29 is 0 Å². The van der Waals surface area contributed by atoms with Crippen LogP contribution in [0, 0.1) is 0 Å². The molecule has 15 heavy (non-hydrogen) atoms. The summed E-state index contributed by atoms with van der Waals surface area (Å²) in [6, 6.07) is 12.8. The van der Waals surface area contributed by atoms with E-state index in [2.05, 4.69) is 59.3 Å². The van der Waals surface area contributed by atoms with Crippen molar-refractivity contribution in [1.29, 1.82) is 0 Å². The zero-order valence-corrected chi connectivity index (χ0v) is 11.1. The van der Waals surface area contributed by atoms with Gasteiger partial charge in [-0.15, -0.1) is 11.3 Å². The second-order valence-electron chi connectivity index (χ2n) is 3.50. The van der Waals surface area contributed by atoms with E-state index in [1.54, 1.807) is 0 Å². The normalized spacial score (nSPS) is 10.5. The zero-order valence-electron chi connectivity index (χ0n) is 8.66. The molecule has 0 aliphatic heterocycles. The maximum absolute atomic E-state index is 3.63. The smallest absolute Gasteiger partial charge is 0.0357 e. The van der Waals surface area contributed by atoms with Crippen molar-refractivity contribution in [2.75, 3.05) is 0 Å². The highest BCUT2D eigenvalue weighted by Crippen LogP contribution is 2.35. The number of hydrogen-bond acceptors (Lipinski definition) is 1. The van der Waals surface area contributed by atoms with E-state index in [0.29, 0.717) is 0 Å². The maximum Gasteiger partial charge on any atom is 0.0357 e. The van der Waals surface area contributed by atoms with Crippen LogP contribution in [0.2, 0.25) is 0 Å². The van der Waals surface area contributed by atoms with Crippen LogP contribution in [0.4, 0.5) is 0 Å². The summed E-state index contributed by atoms with van der Waals surface area (Å²) in [5.41, 5.74) is 1.31. The summed E-state index contributed by atoms with van der Waals surface area (Å²) in [5.74, 6) is 0. The van der Waals surface area contributed by atoms with Gasteiger partial charge in [-0.1, -0.05) is 43.7 Å². The fourth-order valence-electron chi connectivity index (χ4n) is 1.55. The van der Waals surface area contributed by atoms with E-state index in [-0.39, 0.29) is 0 Å². The van der Waals surface area contributed by atoms with Gasteiger partial charge in [0.2, 0.25) is 0 Å². The van der Waals surface area contributed by atoms with Gasteiger partial charge in [0.15, 0.2) is 0 Å². The Morgan fingerprint density at radius 3 is 2.60 bits per heavy atom. The predicted octanol–water partition coefficient (Wildman–Crippen LogP) is 5.13. The van der Waals surface area contributed by atoms with Gasteiger partial charge in [-0.05, 0) is 34.0 Å². The predicted molar refractivity (Wildman–Crippen MR) is 71.5 cm³/mol. The number of benzene rings is 1. The highest BCUT2D eigenvalue weighted by atomic mass is 79.9. The summed E-state index contributed by atoms with van der Waals surface area (Å²) in [6.45, 7) is 2.22. The molecular weight excluding hydrogens is 268 g/mol. The SMILES string of the molecule is CCCc1sc(-c2ccccc2)cc1Br. The third-order valence-electron chi connectivity index (χ3n) is 2.29. The molecule has 0 saturated heterocycles. The van der Waals surface area contributed by atoms with E-state index in [0.717, 1.165) is 6.42 Å². The van der Waals surface area contributed by atoms with E-state index in [4.69, 9.17) is 0 Å². The molecule has 0 bridgehead atoms. The van der Waals surface area contributed by atoms with E-state index in [9.17, 15) is 0 Å². The van der Waals surface area contributed by atoms with Crippen LogP contribution in [-0.2, 0) is 6.42 Å². The first-order valence-electron chi connectivity index (χ1n) is 5.15. The molecular formula is C13H13BrS. The van der Waals surface area contributed by atoms with Crippen LogP contribution in [-0.4, -0.2) is 0 Å². The maximum atomic E-state index is 3.63. The van der Waals surface area contributed by atoms with Crippen LogP contribution in [0.25, 0.3) is 10.4 Å². The van der Waals surface area contributed by atoms with Gasteiger partial charge in [0, 0.05) is 14.2 Å². The third-order valence-corrected chi connectivity index (χ3v) is 4.51. The Kier molecular flexibility index (Phi) is 3.60. The van der Waals surface area contributed by atoms with Crippen LogP contribution in [0.3, 0.4) is 0 Å². The van der Waals surface area contributed by atoms with E-state index < -0.39 is 0 Å². The lowest BCUT2D eigenvalue weighted by Crippen LogP contribution is -1.74. The molecule has 2 aromatic rings. The van der Waals surface area contributed by atoms with Crippen LogP contribution in [0.5, 0.6) is 0 Å². The number of rotatable bonds is 3. The lowest BCUT2D eigenvalue weighted by atomic mass is 10.2. The van der Waals surface area contributed by atoms with Crippen molar-refractivity contribution >= 4 is 27.3 Å². The third kappa shape index (κ3) is 2.50. The second kappa shape index (κ2) is 4.95. The first-order chi connectivity index (χ1) is 7.31. The van der Waals surface area contributed by atoms with Gasteiger partial charge in [-0.25, -0.2) is 0 Å². The Morgan fingerprint density at radius 2 is 1.93 bits per heavy atom. The monoisotopic (exact) mass is 280 g/mol. The van der Waals surface area contributed by atoms with Gasteiger partial charge >= 0.3 is 0 Å². The number of halogens is 1. The van der Waals surface area contributed by atoms with E-state index in [1.165, 1.54) is 26.2 Å². The quantitative estimate of drug-likeness (QED) is 0.731. The Bertz CT molecular complexity index is 431. The molecule has 1 aromatic heterocycles. The summed E-state index contributed by atoms with van der Waals surface area (Å²) < 4.78 is 1.26. The number of thiophene rings is 1.